The van der Waals surface area contributed by atoms with Crippen LogP contribution in [0.1, 0.15) is 16.7 Å². The van der Waals surface area contributed by atoms with Crippen molar-refractivity contribution in [1.82, 2.24) is 0 Å². The van der Waals surface area contributed by atoms with E-state index < -0.39 is 0 Å². The van der Waals surface area contributed by atoms with Crippen molar-refractivity contribution in [3.63, 3.8) is 0 Å². The van der Waals surface area contributed by atoms with Crippen LogP contribution < -0.4 is 4.90 Å². The highest BCUT2D eigenvalue weighted by molar-refractivity contribution is 9.10. The SMILES string of the molecule is Cc1c(Br)cccc1N1Cc2ccc(F)cc2C1=N. The first kappa shape index (κ1) is 12.4. The van der Waals surface area contributed by atoms with E-state index in [1.807, 2.05) is 30.0 Å². The van der Waals surface area contributed by atoms with E-state index >= 15 is 0 Å². The molecule has 1 aliphatic heterocycles. The number of nitrogens with zero attached hydrogens (tertiary/aromatic N) is 1. The quantitative estimate of drug-likeness (QED) is 0.836. The third-order valence-corrected chi connectivity index (χ3v) is 4.31. The molecule has 0 aromatic heterocycles. The van der Waals surface area contributed by atoms with Crippen molar-refractivity contribution in [2.75, 3.05) is 4.90 Å². The van der Waals surface area contributed by atoms with E-state index in [2.05, 4.69) is 15.9 Å². The van der Waals surface area contributed by atoms with Gasteiger partial charge in [-0.2, -0.15) is 0 Å². The first-order valence-corrected chi connectivity index (χ1v) is 6.77. The number of hydrogen-bond acceptors (Lipinski definition) is 1. The predicted molar refractivity (Wildman–Crippen MR) is 78.3 cm³/mol. The van der Waals surface area contributed by atoms with Gasteiger partial charge in [-0.3, -0.25) is 5.41 Å². The summed E-state index contributed by atoms with van der Waals surface area (Å²) < 4.78 is 14.3. The van der Waals surface area contributed by atoms with Crippen LogP contribution in [0.25, 0.3) is 0 Å². The molecule has 0 fully saturated rings. The summed E-state index contributed by atoms with van der Waals surface area (Å²) in [7, 11) is 0. The van der Waals surface area contributed by atoms with Crippen LogP contribution in [0.2, 0.25) is 0 Å². The smallest absolute Gasteiger partial charge is 0.133 e. The van der Waals surface area contributed by atoms with E-state index in [4.69, 9.17) is 5.41 Å². The van der Waals surface area contributed by atoms with Gasteiger partial charge in [0, 0.05) is 15.7 Å². The predicted octanol–water partition coefficient (Wildman–Crippen LogP) is 4.24. The highest BCUT2D eigenvalue weighted by atomic mass is 79.9. The third-order valence-electron chi connectivity index (χ3n) is 3.46. The number of benzene rings is 2. The van der Waals surface area contributed by atoms with Gasteiger partial charge in [-0.15, -0.1) is 0 Å². The summed E-state index contributed by atoms with van der Waals surface area (Å²) in [4.78, 5) is 1.91. The lowest BCUT2D eigenvalue weighted by Gasteiger charge is -2.21. The monoisotopic (exact) mass is 318 g/mol. The first-order valence-electron chi connectivity index (χ1n) is 5.98. The number of nitrogens with one attached hydrogen (secondary N) is 1. The van der Waals surface area contributed by atoms with Crippen molar-refractivity contribution in [3.8, 4) is 0 Å². The molecule has 1 N–H and O–H groups in total. The van der Waals surface area contributed by atoms with Crippen molar-refractivity contribution >= 4 is 27.5 Å². The average molecular weight is 319 g/mol. The Morgan fingerprint density at radius 2 is 2.05 bits per heavy atom. The van der Waals surface area contributed by atoms with E-state index in [1.165, 1.54) is 12.1 Å². The number of halogens is 2. The Morgan fingerprint density at radius 3 is 2.84 bits per heavy atom. The normalized spacial score (nSPS) is 13.8. The van der Waals surface area contributed by atoms with E-state index in [9.17, 15) is 4.39 Å². The lowest BCUT2D eigenvalue weighted by atomic mass is 10.1. The molecule has 2 nitrogen and oxygen atoms in total. The van der Waals surface area contributed by atoms with Gasteiger partial charge in [0.25, 0.3) is 0 Å². The Balaban J connectivity index is 2.07. The van der Waals surface area contributed by atoms with Crippen molar-refractivity contribution in [1.29, 1.82) is 5.41 Å². The molecule has 0 spiro atoms. The topological polar surface area (TPSA) is 27.1 Å². The van der Waals surface area contributed by atoms with E-state index in [1.54, 1.807) is 6.07 Å². The molecule has 0 saturated heterocycles. The summed E-state index contributed by atoms with van der Waals surface area (Å²) in [6.07, 6.45) is 0. The van der Waals surface area contributed by atoms with Crippen LogP contribution in [0.3, 0.4) is 0 Å². The summed E-state index contributed by atoms with van der Waals surface area (Å²) in [6.45, 7) is 2.63. The molecular weight excluding hydrogens is 307 g/mol. The van der Waals surface area contributed by atoms with Crippen LogP contribution in [0.15, 0.2) is 40.9 Å². The first-order chi connectivity index (χ1) is 9.08. The van der Waals surface area contributed by atoms with Crippen molar-refractivity contribution < 1.29 is 4.39 Å². The van der Waals surface area contributed by atoms with Gasteiger partial charge in [-0.05, 0) is 42.3 Å². The molecule has 0 unspecified atom stereocenters. The number of rotatable bonds is 1. The van der Waals surface area contributed by atoms with E-state index in [0.717, 1.165) is 21.3 Å². The molecule has 0 amide bonds. The van der Waals surface area contributed by atoms with Gasteiger partial charge in [0.1, 0.15) is 11.7 Å². The molecule has 0 atom stereocenters. The van der Waals surface area contributed by atoms with Gasteiger partial charge in [-0.25, -0.2) is 4.39 Å². The Labute approximate surface area is 119 Å². The van der Waals surface area contributed by atoms with Crippen LogP contribution in [0.5, 0.6) is 0 Å². The Bertz CT molecular complexity index is 682. The molecule has 0 aliphatic carbocycles. The maximum Gasteiger partial charge on any atom is 0.133 e. The summed E-state index contributed by atoms with van der Waals surface area (Å²) >= 11 is 3.50. The Morgan fingerprint density at radius 1 is 1.26 bits per heavy atom. The number of anilines is 1. The van der Waals surface area contributed by atoms with Crippen LogP contribution in [-0.2, 0) is 6.54 Å². The largest absolute Gasteiger partial charge is 0.322 e. The Kier molecular flexibility index (Phi) is 2.90. The lowest BCUT2D eigenvalue weighted by molar-refractivity contribution is 0.627. The molecule has 1 aliphatic rings. The van der Waals surface area contributed by atoms with Crippen LogP contribution in [0.4, 0.5) is 10.1 Å². The van der Waals surface area contributed by atoms with Gasteiger partial charge in [0.2, 0.25) is 0 Å². The van der Waals surface area contributed by atoms with Gasteiger partial charge in [-0.1, -0.05) is 28.1 Å². The number of fused-ring (bicyclic) bond motifs is 1. The molecule has 0 bridgehead atoms. The van der Waals surface area contributed by atoms with Gasteiger partial charge in [0.05, 0.1) is 6.54 Å². The summed E-state index contributed by atoms with van der Waals surface area (Å²) in [5, 5.41) is 8.23. The minimum atomic E-state index is -0.295. The molecule has 0 radical (unpaired) electrons. The molecule has 96 valence electrons. The van der Waals surface area contributed by atoms with Gasteiger partial charge < -0.3 is 4.90 Å². The maximum absolute atomic E-state index is 13.3. The van der Waals surface area contributed by atoms with Gasteiger partial charge in [0.15, 0.2) is 0 Å². The van der Waals surface area contributed by atoms with Crippen molar-refractivity contribution in [2.45, 2.75) is 13.5 Å². The second-order valence-corrected chi connectivity index (χ2v) is 5.47. The highest BCUT2D eigenvalue weighted by Gasteiger charge is 2.26. The van der Waals surface area contributed by atoms with E-state index in [0.29, 0.717) is 17.9 Å². The number of hydrogen-bond donors (Lipinski definition) is 1. The molecular formula is C15H12BrFN2. The highest BCUT2D eigenvalue weighted by Crippen LogP contribution is 2.33. The molecule has 1 heterocycles. The molecule has 2 aromatic rings. The standard InChI is InChI=1S/C15H12BrFN2/c1-9-13(16)3-2-4-14(9)19-8-10-5-6-11(17)7-12(10)15(19)18/h2-7,18H,8H2,1H3. The molecule has 0 saturated carbocycles. The van der Waals surface area contributed by atoms with Crippen molar-refractivity contribution in [3.05, 3.63) is 63.4 Å². The fourth-order valence-corrected chi connectivity index (χ4v) is 2.75. The molecule has 3 rings (SSSR count). The van der Waals surface area contributed by atoms with Gasteiger partial charge >= 0.3 is 0 Å². The zero-order valence-electron chi connectivity index (χ0n) is 10.4. The Hall–Kier alpha value is -1.68. The lowest BCUT2D eigenvalue weighted by Crippen LogP contribution is -2.23. The average Bonchev–Trinajstić information content (AvgIpc) is 2.70. The maximum atomic E-state index is 13.3. The fourth-order valence-electron chi connectivity index (χ4n) is 2.40. The van der Waals surface area contributed by atoms with Crippen LogP contribution in [-0.4, -0.2) is 5.84 Å². The molecule has 2 aromatic carbocycles. The minimum Gasteiger partial charge on any atom is -0.322 e. The zero-order valence-corrected chi connectivity index (χ0v) is 12.0. The zero-order chi connectivity index (χ0) is 13.6. The third kappa shape index (κ3) is 1.96. The summed E-state index contributed by atoms with van der Waals surface area (Å²) in [5.74, 6) is 0.0621. The van der Waals surface area contributed by atoms with Crippen LogP contribution in [0, 0.1) is 18.2 Å². The minimum absolute atomic E-state index is 0.295. The summed E-state index contributed by atoms with van der Waals surface area (Å²) in [5.41, 5.74) is 3.74. The second kappa shape index (κ2) is 4.46. The molecule has 19 heavy (non-hydrogen) atoms. The number of amidine groups is 1. The second-order valence-electron chi connectivity index (χ2n) is 4.62. The molecule has 4 heteroatoms. The van der Waals surface area contributed by atoms with E-state index in [-0.39, 0.29) is 5.82 Å². The van der Waals surface area contributed by atoms with Crippen molar-refractivity contribution in [2.24, 2.45) is 0 Å². The fraction of sp³-hybridized carbons (Fsp3) is 0.133. The summed E-state index contributed by atoms with van der Waals surface area (Å²) in [6, 6.07) is 10.5. The van der Waals surface area contributed by atoms with Crippen LogP contribution >= 0.6 is 15.9 Å².